The summed E-state index contributed by atoms with van der Waals surface area (Å²) in [4.78, 5) is 65.0. The van der Waals surface area contributed by atoms with Gasteiger partial charge in [-0.3, -0.25) is 19.2 Å². The van der Waals surface area contributed by atoms with E-state index in [2.05, 4.69) is 0 Å². The quantitative estimate of drug-likeness (QED) is 0.212. The van der Waals surface area contributed by atoms with Crippen molar-refractivity contribution in [2.24, 2.45) is 29.1 Å². The number of hydrogen-bond donors (Lipinski definition) is 0. The van der Waals surface area contributed by atoms with Crippen LogP contribution in [-0.4, -0.2) is 65.3 Å². The molecule has 10 heteroatoms. The van der Waals surface area contributed by atoms with Crippen molar-refractivity contribution in [1.82, 2.24) is 0 Å². The minimum atomic E-state index is -1.34. The molecule has 43 heavy (non-hydrogen) atoms. The van der Waals surface area contributed by atoms with Crippen LogP contribution in [0.3, 0.4) is 0 Å². The molecule has 0 unspecified atom stereocenters. The number of hydrogen-bond acceptors (Lipinski definition) is 10. The molecule has 5 rings (SSSR count). The molecule has 1 saturated heterocycles. The van der Waals surface area contributed by atoms with Crippen LogP contribution in [0.25, 0.3) is 0 Å². The summed E-state index contributed by atoms with van der Waals surface area (Å²) in [6, 6.07) is 8.45. The molecule has 1 aliphatic heterocycles. The molecule has 0 N–H and O–H groups in total. The Bertz CT molecular complexity index is 1380. The fourth-order valence-corrected chi connectivity index (χ4v) is 7.97. The van der Waals surface area contributed by atoms with Crippen LogP contribution in [0.5, 0.6) is 0 Å². The van der Waals surface area contributed by atoms with E-state index < -0.39 is 82.7 Å². The molecule has 232 valence electrons. The third-order valence-electron chi connectivity index (χ3n) is 9.82. The fraction of sp³-hybridized carbons (Fsp3) is 0.606. The van der Waals surface area contributed by atoms with Gasteiger partial charge in [-0.05, 0) is 48.5 Å². The number of ketones is 1. The molecule has 0 aromatic heterocycles. The van der Waals surface area contributed by atoms with Crippen molar-refractivity contribution in [2.45, 2.75) is 97.4 Å². The van der Waals surface area contributed by atoms with Crippen LogP contribution >= 0.6 is 0 Å². The monoisotopic (exact) mass is 596 g/mol. The highest BCUT2D eigenvalue weighted by atomic mass is 16.7. The molecule has 1 aromatic rings. The van der Waals surface area contributed by atoms with Crippen molar-refractivity contribution < 1.29 is 47.7 Å². The minimum Gasteiger partial charge on any atom is -0.461 e. The van der Waals surface area contributed by atoms with Crippen LogP contribution in [0.15, 0.2) is 42.0 Å². The van der Waals surface area contributed by atoms with Crippen LogP contribution in [0, 0.1) is 29.1 Å². The summed E-state index contributed by atoms with van der Waals surface area (Å²) in [6.45, 7) is 13.1. The first-order valence-corrected chi connectivity index (χ1v) is 14.8. The predicted molar refractivity (Wildman–Crippen MR) is 151 cm³/mol. The van der Waals surface area contributed by atoms with Crippen molar-refractivity contribution in [2.75, 3.05) is 0 Å². The molecule has 0 bridgehead atoms. The maximum Gasteiger partial charge on any atom is 0.338 e. The zero-order valence-corrected chi connectivity index (χ0v) is 25.9. The van der Waals surface area contributed by atoms with Gasteiger partial charge >= 0.3 is 23.9 Å². The van der Waals surface area contributed by atoms with Gasteiger partial charge in [0.05, 0.1) is 11.5 Å². The molecular formula is C33H40O10. The standard InChI is InChI=1S/C33H40O10/c1-16-14-33-29(41-21(6)36)17(2)15-32(33,43-33)28(37)18(3)26(39-19(4)34)23-24(31(23,7)8)27(40-20(5)35)25(16)42-30(38)22-12-10-9-11-13-22/h9-14,17-18,23-27,29H,15H2,1-8H3/b16-14+/t17-,18-,23+,24-,25-,26+,27+,29+,32+,33+/m1/s1. The molecule has 2 saturated carbocycles. The molecule has 4 aliphatic rings. The minimum absolute atomic E-state index is 0.243. The first kappa shape index (κ1) is 30.9. The Morgan fingerprint density at radius 1 is 0.837 bits per heavy atom. The van der Waals surface area contributed by atoms with E-state index in [9.17, 15) is 24.0 Å². The molecule has 10 nitrogen and oxygen atoms in total. The van der Waals surface area contributed by atoms with Crippen LogP contribution in [0.1, 0.15) is 72.2 Å². The fourth-order valence-electron chi connectivity index (χ4n) is 7.97. The average Bonchev–Trinajstić information content (AvgIpc) is 3.71. The Balaban J connectivity index is 1.70. The molecule has 0 radical (unpaired) electrons. The number of benzene rings is 1. The number of rotatable bonds is 5. The molecule has 3 aliphatic carbocycles. The molecule has 0 amide bonds. The van der Waals surface area contributed by atoms with E-state index in [0.29, 0.717) is 11.1 Å². The van der Waals surface area contributed by atoms with E-state index in [1.165, 1.54) is 20.8 Å². The van der Waals surface area contributed by atoms with Gasteiger partial charge in [-0.1, -0.05) is 45.9 Å². The van der Waals surface area contributed by atoms with Crippen LogP contribution in [-0.2, 0) is 42.9 Å². The van der Waals surface area contributed by atoms with Gasteiger partial charge in [0, 0.05) is 32.6 Å². The summed E-state index contributed by atoms with van der Waals surface area (Å²) in [5, 5.41) is 0. The first-order valence-electron chi connectivity index (χ1n) is 14.8. The summed E-state index contributed by atoms with van der Waals surface area (Å²) in [5.74, 6) is -4.41. The Morgan fingerprint density at radius 2 is 1.40 bits per heavy atom. The van der Waals surface area contributed by atoms with Gasteiger partial charge in [-0.2, -0.15) is 0 Å². The topological polar surface area (TPSA) is 135 Å². The molecule has 1 heterocycles. The van der Waals surface area contributed by atoms with Crippen molar-refractivity contribution in [1.29, 1.82) is 0 Å². The van der Waals surface area contributed by atoms with Crippen molar-refractivity contribution >= 4 is 29.7 Å². The zero-order chi connectivity index (χ0) is 31.6. The highest BCUT2D eigenvalue weighted by molar-refractivity contribution is 5.96. The van der Waals surface area contributed by atoms with E-state index in [4.69, 9.17) is 23.7 Å². The third kappa shape index (κ3) is 4.97. The molecular weight excluding hydrogens is 556 g/mol. The summed E-state index contributed by atoms with van der Waals surface area (Å²) in [5.41, 5.74) is -2.45. The lowest BCUT2D eigenvalue weighted by atomic mass is 9.80. The number of carbonyl (C=O) groups excluding carboxylic acids is 5. The lowest BCUT2D eigenvalue weighted by molar-refractivity contribution is -0.158. The molecule has 1 aromatic carbocycles. The van der Waals surface area contributed by atoms with Gasteiger partial charge in [0.1, 0.15) is 18.3 Å². The van der Waals surface area contributed by atoms with E-state index in [1.54, 1.807) is 50.3 Å². The number of fused-ring (bicyclic) bond motifs is 1. The van der Waals surface area contributed by atoms with Crippen LogP contribution in [0.4, 0.5) is 0 Å². The summed E-state index contributed by atoms with van der Waals surface area (Å²) in [6.07, 6.45) is -1.73. The van der Waals surface area contributed by atoms with Gasteiger partial charge in [0.25, 0.3) is 0 Å². The van der Waals surface area contributed by atoms with Gasteiger partial charge in [-0.25, -0.2) is 4.79 Å². The lowest BCUT2D eigenvalue weighted by Gasteiger charge is -2.30. The second kappa shape index (κ2) is 10.6. The largest absolute Gasteiger partial charge is 0.461 e. The smallest absolute Gasteiger partial charge is 0.338 e. The Morgan fingerprint density at radius 3 is 1.98 bits per heavy atom. The highest BCUT2D eigenvalue weighted by Crippen LogP contribution is 2.68. The molecule has 0 spiro atoms. The molecule has 3 fully saturated rings. The van der Waals surface area contributed by atoms with Crippen molar-refractivity contribution in [3.05, 3.63) is 47.5 Å². The average molecular weight is 597 g/mol. The second-order valence-corrected chi connectivity index (χ2v) is 13.2. The maximum atomic E-state index is 14.4. The Kier molecular flexibility index (Phi) is 7.60. The van der Waals surface area contributed by atoms with Gasteiger partial charge in [0.15, 0.2) is 23.1 Å². The number of Topliss-reactive ketones (excluding diaryl/α,β-unsaturated/α-hetero) is 1. The highest BCUT2D eigenvalue weighted by Gasteiger charge is 2.84. The van der Waals surface area contributed by atoms with E-state index in [-0.39, 0.29) is 18.1 Å². The summed E-state index contributed by atoms with van der Waals surface area (Å²) < 4.78 is 30.1. The van der Waals surface area contributed by atoms with Gasteiger partial charge in [-0.15, -0.1) is 0 Å². The van der Waals surface area contributed by atoms with Crippen molar-refractivity contribution in [3.63, 3.8) is 0 Å². The maximum absolute atomic E-state index is 14.4. The van der Waals surface area contributed by atoms with Gasteiger partial charge in [0.2, 0.25) is 0 Å². The first-order chi connectivity index (χ1) is 20.1. The number of ether oxygens (including phenoxy) is 5. The van der Waals surface area contributed by atoms with Crippen molar-refractivity contribution in [3.8, 4) is 0 Å². The lowest BCUT2D eigenvalue weighted by Crippen LogP contribution is -2.43. The van der Waals surface area contributed by atoms with E-state index in [1.807, 2.05) is 20.8 Å². The Hall–Kier alpha value is -3.53. The SMILES string of the molecule is CC(=O)O[C@@H]1[C@@H]2[C@H]([C@H](OC(C)=O)[C@H](OC(=O)c3ccccc3)/C(C)=C/[C@@]34O[C@@]3(C[C@@H](C)[C@@H]4OC(C)=O)C(=O)[C@@H]1C)C2(C)C. The number of carbonyl (C=O) groups is 5. The molecule has 10 atom stereocenters. The second-order valence-electron chi connectivity index (χ2n) is 13.2. The van der Waals surface area contributed by atoms with Gasteiger partial charge < -0.3 is 23.7 Å². The summed E-state index contributed by atoms with van der Waals surface area (Å²) in [7, 11) is 0. The predicted octanol–water partition coefficient (Wildman–Crippen LogP) is 3.99. The summed E-state index contributed by atoms with van der Waals surface area (Å²) >= 11 is 0. The van der Waals surface area contributed by atoms with E-state index in [0.717, 1.165) is 0 Å². The van der Waals surface area contributed by atoms with E-state index >= 15 is 0 Å². The third-order valence-corrected chi connectivity index (χ3v) is 9.82. The number of esters is 4. The van der Waals surface area contributed by atoms with Crippen LogP contribution in [0.2, 0.25) is 0 Å². The Labute approximate surface area is 251 Å². The van der Waals surface area contributed by atoms with Crippen LogP contribution < -0.4 is 0 Å². The number of epoxide rings is 1. The zero-order valence-electron chi connectivity index (χ0n) is 25.9. The normalized spacial score (nSPS) is 40.2.